The van der Waals surface area contributed by atoms with Gasteiger partial charge in [0.05, 0.1) is 10.2 Å². The molecule has 0 fully saturated rings. The predicted octanol–water partition coefficient (Wildman–Crippen LogP) is 3.49. The van der Waals surface area contributed by atoms with Gasteiger partial charge < -0.3 is 10.6 Å². The molecule has 3 aromatic rings. The Hall–Kier alpha value is -1.98. The quantitative estimate of drug-likeness (QED) is 0.783. The van der Waals surface area contributed by atoms with Gasteiger partial charge in [0.1, 0.15) is 6.33 Å². The summed E-state index contributed by atoms with van der Waals surface area (Å²) in [5.74, 6) is 0.970. The van der Waals surface area contributed by atoms with E-state index < -0.39 is 0 Å². The molecule has 0 radical (unpaired) electrons. The molecule has 0 saturated carbocycles. The molecule has 0 aliphatic heterocycles. The molecule has 21 heavy (non-hydrogen) atoms. The molecule has 0 amide bonds. The number of para-hydroxylation sites is 1. The predicted molar refractivity (Wildman–Crippen MR) is 89.3 cm³/mol. The van der Waals surface area contributed by atoms with Crippen LogP contribution in [-0.4, -0.2) is 23.1 Å². The molecule has 0 bridgehead atoms. The van der Waals surface area contributed by atoms with Crippen molar-refractivity contribution in [2.24, 2.45) is 5.73 Å². The van der Waals surface area contributed by atoms with Gasteiger partial charge in [0.15, 0.2) is 5.82 Å². The molecule has 4 nitrogen and oxygen atoms in total. The zero-order valence-electron chi connectivity index (χ0n) is 12.0. The van der Waals surface area contributed by atoms with Crippen molar-refractivity contribution in [1.29, 1.82) is 0 Å². The lowest BCUT2D eigenvalue weighted by molar-refractivity contribution is 0.812. The van der Waals surface area contributed by atoms with E-state index in [1.807, 2.05) is 18.2 Å². The van der Waals surface area contributed by atoms with E-state index in [0.29, 0.717) is 6.54 Å². The summed E-state index contributed by atoms with van der Waals surface area (Å²) >= 11 is 1.70. The van der Waals surface area contributed by atoms with Crippen LogP contribution >= 0.6 is 11.3 Å². The third-order valence-electron chi connectivity index (χ3n) is 3.42. The zero-order valence-corrected chi connectivity index (χ0v) is 12.8. The Kier molecular flexibility index (Phi) is 4.13. The van der Waals surface area contributed by atoms with Crippen molar-refractivity contribution in [2.45, 2.75) is 13.3 Å². The number of fused-ring (bicyclic) bond motifs is 1. The van der Waals surface area contributed by atoms with E-state index in [1.165, 1.54) is 5.56 Å². The Morgan fingerprint density at radius 3 is 2.76 bits per heavy atom. The first-order valence-corrected chi connectivity index (χ1v) is 7.90. The molecule has 2 N–H and O–H groups in total. The van der Waals surface area contributed by atoms with Gasteiger partial charge in [-0.15, -0.1) is 11.3 Å². The number of nitrogens with two attached hydrogens (primary N) is 1. The summed E-state index contributed by atoms with van der Waals surface area (Å²) < 4.78 is 1.14. The molecule has 1 aromatic carbocycles. The van der Waals surface area contributed by atoms with E-state index in [9.17, 15) is 0 Å². The minimum absolute atomic E-state index is 0.668. The second-order valence-electron chi connectivity index (χ2n) is 4.92. The highest BCUT2D eigenvalue weighted by Crippen LogP contribution is 2.34. The molecule has 0 saturated heterocycles. The smallest absolute Gasteiger partial charge is 0.154 e. The van der Waals surface area contributed by atoms with Gasteiger partial charge in [-0.1, -0.05) is 18.2 Å². The average molecular weight is 298 g/mol. The van der Waals surface area contributed by atoms with Crippen molar-refractivity contribution < 1.29 is 0 Å². The summed E-state index contributed by atoms with van der Waals surface area (Å²) in [6, 6.07) is 10.3. The number of benzene rings is 1. The largest absolute Gasteiger partial charge is 0.330 e. The van der Waals surface area contributed by atoms with Crippen molar-refractivity contribution in [3.63, 3.8) is 0 Å². The van der Waals surface area contributed by atoms with E-state index in [1.54, 1.807) is 17.7 Å². The standard InChI is InChI=1S/C16H18N4S/c1-12-10-21-15-14(12)18-11-19-16(15)20(9-5-8-17)13-6-3-2-4-7-13/h2-4,6-7,10-11H,5,8-9,17H2,1H3. The third kappa shape index (κ3) is 2.75. The molecule has 2 heterocycles. The number of hydrogen-bond donors (Lipinski definition) is 1. The van der Waals surface area contributed by atoms with E-state index in [2.05, 4.69) is 39.3 Å². The lowest BCUT2D eigenvalue weighted by Crippen LogP contribution is -2.22. The molecule has 5 heteroatoms. The first kappa shape index (κ1) is 14.0. The second-order valence-corrected chi connectivity index (χ2v) is 5.80. The summed E-state index contributed by atoms with van der Waals surface area (Å²) in [4.78, 5) is 11.2. The highest BCUT2D eigenvalue weighted by Gasteiger charge is 2.16. The van der Waals surface area contributed by atoms with Gasteiger partial charge in [0.25, 0.3) is 0 Å². The Bertz CT molecular complexity index is 723. The lowest BCUT2D eigenvalue weighted by Gasteiger charge is -2.24. The number of aromatic nitrogens is 2. The molecule has 0 atom stereocenters. The molecule has 0 aliphatic rings. The SMILES string of the molecule is Cc1csc2c(N(CCCN)c3ccccc3)ncnc12. The fourth-order valence-corrected chi connectivity index (χ4v) is 3.36. The van der Waals surface area contributed by atoms with Crippen LogP contribution < -0.4 is 10.6 Å². The van der Waals surface area contributed by atoms with Gasteiger partial charge in [-0.25, -0.2) is 9.97 Å². The van der Waals surface area contributed by atoms with Crippen molar-refractivity contribution in [3.8, 4) is 0 Å². The minimum atomic E-state index is 0.668. The van der Waals surface area contributed by atoms with Crippen LogP contribution in [0.15, 0.2) is 42.0 Å². The van der Waals surface area contributed by atoms with Gasteiger partial charge in [-0.2, -0.15) is 0 Å². The summed E-state index contributed by atoms with van der Waals surface area (Å²) in [6.07, 6.45) is 2.57. The van der Waals surface area contributed by atoms with E-state index in [0.717, 1.165) is 34.7 Å². The summed E-state index contributed by atoms with van der Waals surface area (Å²) in [5.41, 5.74) is 9.07. The highest BCUT2D eigenvalue weighted by atomic mass is 32.1. The number of thiophene rings is 1. The first-order valence-electron chi connectivity index (χ1n) is 7.02. The molecular weight excluding hydrogens is 280 g/mol. The van der Waals surface area contributed by atoms with Gasteiger partial charge >= 0.3 is 0 Å². The Morgan fingerprint density at radius 1 is 1.19 bits per heavy atom. The summed E-state index contributed by atoms with van der Waals surface area (Å²) in [5, 5.41) is 2.13. The van der Waals surface area contributed by atoms with Gasteiger partial charge in [-0.3, -0.25) is 0 Å². The van der Waals surface area contributed by atoms with Crippen LogP contribution in [0.4, 0.5) is 11.5 Å². The second kappa shape index (κ2) is 6.20. The molecular formula is C16H18N4S. The van der Waals surface area contributed by atoms with Crippen LogP contribution in [0.3, 0.4) is 0 Å². The third-order valence-corrected chi connectivity index (χ3v) is 4.50. The fraction of sp³-hybridized carbons (Fsp3) is 0.250. The number of anilines is 2. The van der Waals surface area contributed by atoms with E-state index >= 15 is 0 Å². The molecule has 3 rings (SSSR count). The normalized spacial score (nSPS) is 11.0. The molecule has 0 spiro atoms. The topological polar surface area (TPSA) is 55.0 Å². The summed E-state index contributed by atoms with van der Waals surface area (Å²) in [6.45, 7) is 3.60. The van der Waals surface area contributed by atoms with Crippen LogP contribution in [0.25, 0.3) is 10.2 Å². The van der Waals surface area contributed by atoms with Gasteiger partial charge in [-0.05, 0) is 43.0 Å². The number of rotatable bonds is 5. The molecule has 0 unspecified atom stereocenters. The zero-order chi connectivity index (χ0) is 14.7. The van der Waals surface area contributed by atoms with Crippen LogP contribution in [-0.2, 0) is 0 Å². The lowest BCUT2D eigenvalue weighted by atomic mass is 10.2. The number of hydrogen-bond acceptors (Lipinski definition) is 5. The molecule has 0 aliphatic carbocycles. The number of aryl methyl sites for hydroxylation is 1. The maximum Gasteiger partial charge on any atom is 0.154 e. The Labute approximate surface area is 128 Å². The van der Waals surface area contributed by atoms with Crippen molar-refractivity contribution >= 4 is 33.1 Å². The molecule has 108 valence electrons. The van der Waals surface area contributed by atoms with Gasteiger partial charge in [0.2, 0.25) is 0 Å². The van der Waals surface area contributed by atoms with Crippen molar-refractivity contribution in [1.82, 2.24) is 9.97 Å². The van der Waals surface area contributed by atoms with E-state index in [4.69, 9.17) is 5.73 Å². The Morgan fingerprint density at radius 2 is 2.00 bits per heavy atom. The fourth-order valence-electron chi connectivity index (χ4n) is 2.36. The Balaban J connectivity index is 2.10. The summed E-state index contributed by atoms with van der Waals surface area (Å²) in [7, 11) is 0. The maximum absolute atomic E-state index is 5.69. The van der Waals surface area contributed by atoms with Crippen molar-refractivity contribution in [2.75, 3.05) is 18.0 Å². The van der Waals surface area contributed by atoms with Crippen molar-refractivity contribution in [3.05, 3.63) is 47.6 Å². The van der Waals surface area contributed by atoms with Gasteiger partial charge in [0, 0.05) is 12.2 Å². The van der Waals surface area contributed by atoms with Crippen LogP contribution in [0.2, 0.25) is 0 Å². The first-order chi connectivity index (χ1) is 10.3. The van der Waals surface area contributed by atoms with Crippen LogP contribution in [0, 0.1) is 6.92 Å². The number of nitrogens with zero attached hydrogens (tertiary/aromatic N) is 3. The maximum atomic E-state index is 5.69. The van der Waals surface area contributed by atoms with Crippen LogP contribution in [0.5, 0.6) is 0 Å². The molecule has 2 aromatic heterocycles. The van der Waals surface area contributed by atoms with E-state index in [-0.39, 0.29) is 0 Å². The average Bonchev–Trinajstić information content (AvgIpc) is 2.91. The highest BCUT2D eigenvalue weighted by molar-refractivity contribution is 7.18. The van der Waals surface area contributed by atoms with Crippen LogP contribution in [0.1, 0.15) is 12.0 Å². The monoisotopic (exact) mass is 298 g/mol. The minimum Gasteiger partial charge on any atom is -0.330 e.